The highest BCUT2D eigenvalue weighted by molar-refractivity contribution is 6.13. The van der Waals surface area contributed by atoms with Crippen LogP contribution in [0.1, 0.15) is 23.7 Å². The quantitative estimate of drug-likeness (QED) is 0.623. The molecule has 3 aromatic rings. The molecule has 0 saturated heterocycles. The Morgan fingerprint density at radius 1 is 1.06 bits per heavy atom. The first kappa shape index (κ1) is 11.0. The third-order valence-corrected chi connectivity index (χ3v) is 3.38. The average molecular weight is 237 g/mol. The maximum Gasteiger partial charge on any atom is 0.231 e. The molecule has 0 aliphatic rings. The van der Waals surface area contributed by atoms with Crippen molar-refractivity contribution in [3.63, 3.8) is 0 Å². The van der Waals surface area contributed by atoms with Crippen LogP contribution in [-0.2, 0) is 0 Å². The highest BCUT2D eigenvalue weighted by atomic mass is 16.2. The molecule has 0 aliphatic carbocycles. The Bertz CT molecular complexity index is 752. The topological polar surface area (TPSA) is 22.0 Å². The molecule has 0 saturated carbocycles. The summed E-state index contributed by atoms with van der Waals surface area (Å²) in [6, 6.07) is 14.3. The molecular formula is C16H15NO. The summed E-state index contributed by atoms with van der Waals surface area (Å²) < 4.78 is 1.84. The van der Waals surface area contributed by atoms with E-state index in [-0.39, 0.29) is 5.91 Å². The fourth-order valence-corrected chi connectivity index (χ4v) is 2.51. The van der Waals surface area contributed by atoms with E-state index in [1.165, 1.54) is 5.56 Å². The first-order valence-corrected chi connectivity index (χ1v) is 6.25. The molecule has 0 bridgehead atoms. The van der Waals surface area contributed by atoms with Gasteiger partial charge in [-0.25, -0.2) is 0 Å². The molecule has 0 N–H and O–H groups in total. The number of carbonyl (C=O) groups is 1. The van der Waals surface area contributed by atoms with E-state index in [0.717, 1.165) is 21.8 Å². The molecule has 18 heavy (non-hydrogen) atoms. The molecule has 0 unspecified atom stereocenters. The van der Waals surface area contributed by atoms with Crippen molar-refractivity contribution in [2.45, 2.75) is 20.3 Å². The molecule has 1 aromatic heterocycles. The highest BCUT2D eigenvalue weighted by Crippen LogP contribution is 2.29. The minimum atomic E-state index is 0.144. The highest BCUT2D eigenvalue weighted by Gasteiger charge is 2.13. The van der Waals surface area contributed by atoms with Crippen LogP contribution in [0.2, 0.25) is 0 Å². The second-order valence-electron chi connectivity index (χ2n) is 4.62. The smallest absolute Gasteiger partial charge is 0.231 e. The zero-order chi connectivity index (χ0) is 12.7. The summed E-state index contributed by atoms with van der Waals surface area (Å²) in [5, 5.41) is 2.31. The van der Waals surface area contributed by atoms with E-state index in [1.54, 1.807) is 0 Å². The van der Waals surface area contributed by atoms with Gasteiger partial charge in [0.2, 0.25) is 5.91 Å². The summed E-state index contributed by atoms with van der Waals surface area (Å²) in [5.74, 6) is 0.144. The van der Waals surface area contributed by atoms with E-state index >= 15 is 0 Å². The first-order chi connectivity index (χ1) is 8.72. The maximum atomic E-state index is 12.2. The zero-order valence-corrected chi connectivity index (χ0v) is 10.6. The molecule has 2 aromatic carbocycles. The monoisotopic (exact) mass is 237 g/mol. The van der Waals surface area contributed by atoms with E-state index < -0.39 is 0 Å². The third kappa shape index (κ3) is 1.46. The number of hydrogen-bond donors (Lipinski definition) is 0. The third-order valence-electron chi connectivity index (χ3n) is 3.38. The molecule has 90 valence electrons. The number of carbonyl (C=O) groups excluding carboxylic acids is 1. The van der Waals surface area contributed by atoms with Crippen LogP contribution in [0.15, 0.2) is 42.5 Å². The number of rotatable bonds is 1. The zero-order valence-electron chi connectivity index (χ0n) is 10.6. The number of hydrogen-bond acceptors (Lipinski definition) is 1. The van der Waals surface area contributed by atoms with Crippen LogP contribution in [0, 0.1) is 6.92 Å². The molecule has 0 atom stereocenters. The van der Waals surface area contributed by atoms with Crippen LogP contribution in [0.5, 0.6) is 0 Å². The number of fused-ring (bicyclic) bond motifs is 3. The Labute approximate surface area is 106 Å². The summed E-state index contributed by atoms with van der Waals surface area (Å²) in [6.45, 7) is 3.98. The van der Waals surface area contributed by atoms with Gasteiger partial charge in [-0.3, -0.25) is 9.36 Å². The van der Waals surface area contributed by atoms with Crippen LogP contribution in [0.3, 0.4) is 0 Å². The Morgan fingerprint density at radius 3 is 2.56 bits per heavy atom. The summed E-state index contributed by atoms with van der Waals surface area (Å²) in [6.07, 6.45) is 0.516. The van der Waals surface area contributed by atoms with E-state index in [1.807, 2.05) is 35.8 Å². The van der Waals surface area contributed by atoms with E-state index in [0.29, 0.717) is 6.42 Å². The molecule has 0 amide bonds. The minimum Gasteiger partial charge on any atom is -0.280 e. The van der Waals surface area contributed by atoms with Crippen LogP contribution >= 0.6 is 0 Å². The van der Waals surface area contributed by atoms with Crippen LogP contribution in [0.4, 0.5) is 0 Å². The predicted molar refractivity (Wildman–Crippen MR) is 75.1 cm³/mol. The summed E-state index contributed by atoms with van der Waals surface area (Å²) >= 11 is 0. The maximum absolute atomic E-state index is 12.2. The Kier molecular flexibility index (Phi) is 2.44. The number of para-hydroxylation sites is 1. The van der Waals surface area contributed by atoms with Crippen molar-refractivity contribution in [2.24, 2.45) is 0 Å². The van der Waals surface area contributed by atoms with Gasteiger partial charge in [-0.1, -0.05) is 36.8 Å². The van der Waals surface area contributed by atoms with Gasteiger partial charge in [-0.2, -0.15) is 0 Å². The van der Waals surface area contributed by atoms with E-state index in [9.17, 15) is 4.79 Å². The fourth-order valence-electron chi connectivity index (χ4n) is 2.51. The van der Waals surface area contributed by atoms with Gasteiger partial charge < -0.3 is 0 Å². The molecule has 1 heterocycles. The van der Waals surface area contributed by atoms with Crippen molar-refractivity contribution in [1.29, 1.82) is 0 Å². The van der Waals surface area contributed by atoms with E-state index in [4.69, 9.17) is 0 Å². The van der Waals surface area contributed by atoms with Gasteiger partial charge in [-0.05, 0) is 25.1 Å². The molecular weight excluding hydrogens is 222 g/mol. The van der Waals surface area contributed by atoms with Crippen LogP contribution in [0.25, 0.3) is 21.8 Å². The molecule has 3 rings (SSSR count). The van der Waals surface area contributed by atoms with Gasteiger partial charge >= 0.3 is 0 Å². The van der Waals surface area contributed by atoms with Gasteiger partial charge in [-0.15, -0.1) is 0 Å². The van der Waals surface area contributed by atoms with Crippen LogP contribution < -0.4 is 0 Å². The fraction of sp³-hybridized carbons (Fsp3) is 0.188. The lowest BCUT2D eigenvalue weighted by Crippen LogP contribution is -2.08. The molecule has 0 fully saturated rings. The second kappa shape index (κ2) is 3.98. The predicted octanol–water partition coefficient (Wildman–Crippen LogP) is 4.15. The molecule has 2 heteroatoms. The largest absolute Gasteiger partial charge is 0.280 e. The minimum absolute atomic E-state index is 0.144. The lowest BCUT2D eigenvalue weighted by molar-refractivity contribution is 0.0919. The van der Waals surface area contributed by atoms with Gasteiger partial charge in [0, 0.05) is 17.2 Å². The normalized spacial score (nSPS) is 11.2. The van der Waals surface area contributed by atoms with Crippen molar-refractivity contribution < 1.29 is 4.79 Å². The molecule has 2 nitrogen and oxygen atoms in total. The van der Waals surface area contributed by atoms with Crippen molar-refractivity contribution in [1.82, 2.24) is 4.57 Å². The molecule has 0 spiro atoms. The number of nitrogens with zero attached hydrogens (tertiary/aromatic N) is 1. The Balaban J connectivity index is 2.54. The Morgan fingerprint density at radius 2 is 1.78 bits per heavy atom. The summed E-state index contributed by atoms with van der Waals surface area (Å²) in [4.78, 5) is 12.2. The molecule has 0 radical (unpaired) electrons. The lowest BCUT2D eigenvalue weighted by atomic mass is 10.1. The standard InChI is InChI=1S/C16H15NO/c1-3-16(18)17-14-7-5-4-6-12(14)13-10-11(2)8-9-15(13)17/h4-10H,3H2,1-2H3. The SMILES string of the molecule is CCC(=O)n1c2ccccc2c2cc(C)ccc21. The van der Waals surface area contributed by atoms with Crippen molar-refractivity contribution >= 4 is 27.7 Å². The lowest BCUT2D eigenvalue weighted by Gasteiger charge is -2.03. The van der Waals surface area contributed by atoms with Crippen molar-refractivity contribution in [3.05, 3.63) is 48.0 Å². The number of aryl methyl sites for hydroxylation is 1. The van der Waals surface area contributed by atoms with Gasteiger partial charge in [0.25, 0.3) is 0 Å². The second-order valence-corrected chi connectivity index (χ2v) is 4.62. The summed E-state index contributed by atoms with van der Waals surface area (Å²) in [5.41, 5.74) is 3.23. The van der Waals surface area contributed by atoms with E-state index in [2.05, 4.69) is 25.1 Å². The number of benzene rings is 2. The first-order valence-electron chi connectivity index (χ1n) is 6.25. The number of aromatic nitrogens is 1. The average Bonchev–Trinajstić information content (AvgIpc) is 2.72. The Hall–Kier alpha value is -2.09. The van der Waals surface area contributed by atoms with Gasteiger partial charge in [0.05, 0.1) is 11.0 Å². The molecule has 0 aliphatic heterocycles. The van der Waals surface area contributed by atoms with Gasteiger partial charge in [0.1, 0.15) is 0 Å². The summed E-state index contributed by atoms with van der Waals surface area (Å²) in [7, 11) is 0. The van der Waals surface area contributed by atoms with Crippen molar-refractivity contribution in [3.8, 4) is 0 Å². The van der Waals surface area contributed by atoms with Gasteiger partial charge in [0.15, 0.2) is 0 Å². The van der Waals surface area contributed by atoms with Crippen LogP contribution in [-0.4, -0.2) is 10.5 Å². The van der Waals surface area contributed by atoms with Crippen molar-refractivity contribution in [2.75, 3.05) is 0 Å².